The normalized spacial score (nSPS) is 19.6. The molecule has 1 aromatic rings. The van der Waals surface area contributed by atoms with Crippen molar-refractivity contribution in [3.05, 3.63) is 70.7 Å². The van der Waals surface area contributed by atoms with Gasteiger partial charge in [0.25, 0.3) is 10.1 Å². The van der Waals surface area contributed by atoms with Gasteiger partial charge in [0, 0.05) is 30.2 Å². The number of carbonyl (C=O) groups is 1. The smallest absolute Gasteiger partial charge is 0.327 e. The van der Waals surface area contributed by atoms with Gasteiger partial charge in [0.05, 0.1) is 39.6 Å². The molecule has 0 saturated carbocycles. The number of nitrogens with zero attached hydrogens (tertiary/aromatic N) is 6. The number of allylic oxidation sites excluding steroid dienone is 6. The van der Waals surface area contributed by atoms with Gasteiger partial charge in [-0.1, -0.05) is 19.9 Å². The van der Waals surface area contributed by atoms with Crippen molar-refractivity contribution < 1.29 is 27.4 Å². The molecule has 12 heteroatoms. The van der Waals surface area contributed by atoms with Gasteiger partial charge in [0.1, 0.15) is 24.2 Å². The van der Waals surface area contributed by atoms with Gasteiger partial charge in [-0.05, 0) is 75.7 Å². The summed E-state index contributed by atoms with van der Waals surface area (Å²) in [6, 6.07) is 6.30. The molecule has 1 aromatic heterocycles. The molecule has 11 nitrogen and oxygen atoms in total. The molecule has 236 valence electrons. The lowest BCUT2D eigenvalue weighted by Crippen LogP contribution is -2.35. The molecule has 0 radical (unpaired) electrons. The number of aliphatic carboxylic acids is 1. The van der Waals surface area contributed by atoms with Gasteiger partial charge in [0.15, 0.2) is 5.71 Å². The minimum atomic E-state index is -4.18. The van der Waals surface area contributed by atoms with Crippen LogP contribution in [-0.4, -0.2) is 52.3 Å². The maximum absolute atomic E-state index is 11.6. The minimum absolute atomic E-state index is 0.136. The van der Waals surface area contributed by atoms with Crippen molar-refractivity contribution in [2.45, 2.75) is 83.9 Å². The van der Waals surface area contributed by atoms with Crippen LogP contribution in [0.2, 0.25) is 0 Å². The summed E-state index contributed by atoms with van der Waals surface area (Å²) in [6.07, 6.45) is 13.4. The molecule has 0 amide bonds. The first-order chi connectivity index (χ1) is 21.1. The molecule has 0 saturated heterocycles. The van der Waals surface area contributed by atoms with E-state index in [0.29, 0.717) is 29.9 Å². The molecule has 0 spiro atoms. The van der Waals surface area contributed by atoms with Crippen LogP contribution in [0, 0.1) is 28.1 Å². The van der Waals surface area contributed by atoms with E-state index in [4.69, 9.17) is 15.1 Å². The van der Waals surface area contributed by atoms with Crippen LogP contribution < -0.4 is 4.57 Å². The maximum atomic E-state index is 11.6. The van der Waals surface area contributed by atoms with E-state index < -0.39 is 32.2 Å². The summed E-state index contributed by atoms with van der Waals surface area (Å²) >= 11 is 0. The van der Waals surface area contributed by atoms with E-state index in [1.165, 1.54) is 6.92 Å². The molecule has 4 rings (SSSR count). The van der Waals surface area contributed by atoms with E-state index in [9.17, 15) is 28.3 Å². The molecule has 1 atom stereocenters. The van der Waals surface area contributed by atoms with E-state index in [1.54, 1.807) is 23.4 Å². The van der Waals surface area contributed by atoms with Crippen LogP contribution in [0.5, 0.6) is 0 Å². The summed E-state index contributed by atoms with van der Waals surface area (Å²) in [4.78, 5) is 22.5. The lowest BCUT2D eigenvalue weighted by Gasteiger charge is -2.29. The third-order valence-corrected chi connectivity index (χ3v) is 9.89. The topological polar surface area (TPSA) is 171 Å². The molecular weight excluding hydrogens is 592 g/mol. The monoisotopic (exact) mass is 631 g/mol. The zero-order chi connectivity index (χ0) is 33.2. The number of nitriles is 2. The SMILES string of the molecule is CC(CCN1C=C(C#N)C=C2C1=N/C(=C\C=C\C1=Nc3c(cc(C#N)c[n+]3CCCCCC(=O)O)C1(C)C)C2(C)C)S(=O)(=O)O. The van der Waals surface area contributed by atoms with Crippen LogP contribution in [0.3, 0.4) is 0 Å². The standard InChI is InChI=1S/C33H38N6O5S/c1-22(45(42,43)44)13-15-39-21-24(19-35)17-26-31(39)37-28(33(26,4)5)11-9-10-27-32(2,3)25-16-23(18-34)20-38(30(25)36-27)14-8-6-7-12-29(40)41/h9-11,16-17,20-22H,6-8,12-15H2,1-5H3,(H-,40,41,42,43,44)/p+1. The van der Waals surface area contributed by atoms with Gasteiger partial charge < -0.3 is 10.0 Å². The largest absolute Gasteiger partial charge is 0.481 e. The van der Waals surface area contributed by atoms with Crippen molar-refractivity contribution in [2.24, 2.45) is 15.4 Å². The number of hydrogen-bond donors (Lipinski definition) is 2. The van der Waals surface area contributed by atoms with Crippen LogP contribution in [-0.2, 0) is 26.9 Å². The molecule has 2 N–H and O–H groups in total. The average molecular weight is 632 g/mol. The average Bonchev–Trinajstić information content (AvgIpc) is 3.38. The number of unbranched alkanes of at least 4 members (excludes halogenated alkanes) is 2. The molecule has 1 unspecified atom stereocenters. The van der Waals surface area contributed by atoms with Gasteiger partial charge in [-0.3, -0.25) is 9.35 Å². The number of hydrogen-bond acceptors (Lipinski definition) is 8. The summed E-state index contributed by atoms with van der Waals surface area (Å²) < 4.78 is 34.5. The maximum Gasteiger partial charge on any atom is 0.327 e. The number of carboxylic acids is 1. The van der Waals surface area contributed by atoms with Gasteiger partial charge in [0.2, 0.25) is 0 Å². The molecule has 4 heterocycles. The highest BCUT2D eigenvalue weighted by Gasteiger charge is 2.43. The fourth-order valence-corrected chi connectivity index (χ4v) is 6.03. The molecule has 3 aliphatic heterocycles. The van der Waals surface area contributed by atoms with E-state index in [0.717, 1.165) is 41.2 Å². The number of fused-ring (bicyclic) bond motifs is 2. The van der Waals surface area contributed by atoms with E-state index in [1.807, 2.05) is 42.7 Å². The van der Waals surface area contributed by atoms with Crippen LogP contribution in [0.1, 0.15) is 77.8 Å². The Hall–Kier alpha value is -4.39. The van der Waals surface area contributed by atoms with Crippen LogP contribution >= 0.6 is 0 Å². The molecule has 0 bridgehead atoms. The highest BCUT2D eigenvalue weighted by atomic mass is 32.2. The highest BCUT2D eigenvalue weighted by Crippen LogP contribution is 2.45. The third-order valence-electron chi connectivity index (χ3n) is 8.64. The molecule has 45 heavy (non-hydrogen) atoms. The Labute approximate surface area is 264 Å². The summed E-state index contributed by atoms with van der Waals surface area (Å²) in [5.74, 6) is 0.620. The summed E-state index contributed by atoms with van der Waals surface area (Å²) in [7, 11) is -4.18. The van der Waals surface area contributed by atoms with Crippen molar-refractivity contribution >= 4 is 33.5 Å². The second kappa shape index (κ2) is 12.9. The van der Waals surface area contributed by atoms with Crippen LogP contribution in [0.15, 0.2) is 69.6 Å². The Balaban J connectivity index is 1.60. The fourth-order valence-electron chi connectivity index (χ4n) is 5.62. The number of aliphatic imine (C=N–C) groups is 2. The second-order valence-electron chi connectivity index (χ2n) is 12.6. The third kappa shape index (κ3) is 7.14. The molecular formula is C33H39N6O5S+. The van der Waals surface area contributed by atoms with Gasteiger partial charge in [-0.25, -0.2) is 9.56 Å². The molecule has 0 aliphatic carbocycles. The second-order valence-corrected chi connectivity index (χ2v) is 14.5. The van der Waals surface area contributed by atoms with Crippen LogP contribution in [0.25, 0.3) is 0 Å². The summed E-state index contributed by atoms with van der Waals surface area (Å²) in [5.41, 5.74) is 3.33. The molecule has 3 aliphatic rings. The Morgan fingerprint density at radius 1 is 1.13 bits per heavy atom. The zero-order valence-electron chi connectivity index (χ0n) is 26.3. The lowest BCUT2D eigenvalue weighted by atomic mass is 9.80. The summed E-state index contributed by atoms with van der Waals surface area (Å²) in [6.45, 7) is 10.5. The number of rotatable bonds is 12. The molecule has 0 fully saturated rings. The highest BCUT2D eigenvalue weighted by molar-refractivity contribution is 7.86. The predicted octanol–water partition coefficient (Wildman–Crippen LogP) is 5.05. The van der Waals surface area contributed by atoms with Gasteiger partial charge >= 0.3 is 11.8 Å². The first-order valence-corrected chi connectivity index (χ1v) is 16.4. The van der Waals surface area contributed by atoms with Crippen molar-refractivity contribution in [1.29, 1.82) is 10.5 Å². The quantitative estimate of drug-likeness (QED) is 0.183. The minimum Gasteiger partial charge on any atom is -0.481 e. The molecule has 0 aromatic carbocycles. The van der Waals surface area contributed by atoms with Crippen LogP contribution in [0.4, 0.5) is 5.82 Å². The Morgan fingerprint density at radius 2 is 1.87 bits per heavy atom. The van der Waals surface area contributed by atoms with E-state index in [2.05, 4.69) is 26.0 Å². The first kappa shape index (κ1) is 33.5. The van der Waals surface area contributed by atoms with Crippen molar-refractivity contribution in [2.75, 3.05) is 6.54 Å². The number of aryl methyl sites for hydroxylation is 1. The Morgan fingerprint density at radius 3 is 2.51 bits per heavy atom. The van der Waals surface area contributed by atoms with E-state index in [-0.39, 0.29) is 19.4 Å². The predicted molar refractivity (Wildman–Crippen MR) is 170 cm³/mol. The number of amidine groups is 1. The summed E-state index contributed by atoms with van der Waals surface area (Å²) in [5, 5.41) is 27.3. The van der Waals surface area contributed by atoms with Gasteiger partial charge in [-0.15, -0.1) is 0 Å². The zero-order valence-corrected chi connectivity index (χ0v) is 27.1. The number of carboxylic acid groups (broad SMARTS) is 1. The number of pyridine rings is 1. The van der Waals surface area contributed by atoms with Crippen molar-refractivity contribution in [3.63, 3.8) is 0 Å². The Kier molecular flexibility index (Phi) is 9.62. The van der Waals surface area contributed by atoms with Crippen molar-refractivity contribution in [3.8, 4) is 12.1 Å². The van der Waals surface area contributed by atoms with E-state index >= 15 is 0 Å². The number of aromatic nitrogens is 1. The van der Waals surface area contributed by atoms with Gasteiger partial charge in [-0.2, -0.15) is 18.9 Å². The lowest BCUT2D eigenvalue weighted by molar-refractivity contribution is -0.685. The van der Waals surface area contributed by atoms with Crippen molar-refractivity contribution in [1.82, 2.24) is 4.90 Å². The fraction of sp³-hybridized carbons (Fsp3) is 0.455. The Bertz CT molecular complexity index is 1780. The first-order valence-electron chi connectivity index (χ1n) is 14.9.